The maximum Gasteiger partial charge on any atom is 0.224 e. The lowest BCUT2D eigenvalue weighted by Gasteiger charge is -2.04. The van der Waals surface area contributed by atoms with Gasteiger partial charge in [0.25, 0.3) is 0 Å². The molecule has 0 aromatic carbocycles. The summed E-state index contributed by atoms with van der Waals surface area (Å²) in [5.41, 5.74) is 6.23. The highest BCUT2D eigenvalue weighted by Crippen LogP contribution is 2.19. The van der Waals surface area contributed by atoms with E-state index in [9.17, 15) is 0 Å². The number of H-pyrrole nitrogens is 1. The molecule has 0 aliphatic heterocycles. The van der Waals surface area contributed by atoms with Gasteiger partial charge in [0, 0.05) is 11.6 Å². The zero-order chi connectivity index (χ0) is 11.7. The molecule has 3 rings (SSSR count). The van der Waals surface area contributed by atoms with Gasteiger partial charge in [0.05, 0.1) is 18.1 Å². The average Bonchev–Trinajstić information content (AvgIpc) is 2.95. The first kappa shape index (κ1) is 9.97. The summed E-state index contributed by atoms with van der Waals surface area (Å²) in [4.78, 5) is 12.4. The van der Waals surface area contributed by atoms with Gasteiger partial charge in [-0.25, -0.2) is 4.98 Å². The van der Waals surface area contributed by atoms with Crippen LogP contribution in [0.4, 0.5) is 11.8 Å². The third kappa shape index (κ3) is 1.89. The molecule has 0 aliphatic rings. The number of nitrogens with one attached hydrogen (secondary N) is 2. The van der Waals surface area contributed by atoms with E-state index in [1.165, 1.54) is 0 Å². The van der Waals surface area contributed by atoms with Gasteiger partial charge in [-0.1, -0.05) is 0 Å². The summed E-state index contributed by atoms with van der Waals surface area (Å²) >= 11 is 1.58. The van der Waals surface area contributed by atoms with Crippen molar-refractivity contribution in [2.24, 2.45) is 0 Å². The zero-order valence-corrected chi connectivity index (χ0v) is 9.53. The van der Waals surface area contributed by atoms with Crippen molar-refractivity contribution >= 4 is 34.1 Å². The van der Waals surface area contributed by atoms with Crippen LogP contribution in [0.25, 0.3) is 11.0 Å². The van der Waals surface area contributed by atoms with E-state index in [1.54, 1.807) is 23.7 Å². The molecule has 0 atom stereocenters. The van der Waals surface area contributed by atoms with Crippen LogP contribution >= 0.6 is 11.3 Å². The van der Waals surface area contributed by atoms with Gasteiger partial charge >= 0.3 is 0 Å². The van der Waals surface area contributed by atoms with E-state index in [1.807, 2.05) is 5.38 Å². The summed E-state index contributed by atoms with van der Waals surface area (Å²) in [5, 5.41) is 13.6. The van der Waals surface area contributed by atoms with E-state index in [0.717, 1.165) is 10.4 Å². The van der Waals surface area contributed by atoms with Gasteiger partial charge in [0.15, 0.2) is 5.65 Å². The van der Waals surface area contributed by atoms with Crippen LogP contribution in [0.15, 0.2) is 17.8 Å². The molecule has 3 aromatic heterocycles. The standard InChI is InChI=1S/C9H9N7S/c10-9-14-7(5-3-13-16-8(5)15-9)12-4-6-11-1-2-17-6/h1-3H,4H2,(H4,10,12,13,14,15,16). The molecular weight excluding hydrogens is 238 g/mol. The van der Waals surface area contributed by atoms with E-state index < -0.39 is 0 Å². The van der Waals surface area contributed by atoms with Crippen molar-refractivity contribution in [2.45, 2.75) is 6.54 Å². The first-order valence-corrected chi connectivity index (χ1v) is 5.80. The number of fused-ring (bicyclic) bond motifs is 1. The van der Waals surface area contributed by atoms with E-state index in [4.69, 9.17) is 5.73 Å². The molecule has 0 unspecified atom stereocenters. The molecule has 7 nitrogen and oxygen atoms in total. The predicted molar refractivity (Wildman–Crippen MR) is 65.5 cm³/mol. The molecule has 8 heteroatoms. The molecular formula is C9H9N7S. The van der Waals surface area contributed by atoms with Crippen molar-refractivity contribution in [2.75, 3.05) is 11.1 Å². The first-order chi connectivity index (χ1) is 8.33. The minimum absolute atomic E-state index is 0.211. The van der Waals surface area contributed by atoms with Crippen LogP contribution in [0.1, 0.15) is 5.01 Å². The van der Waals surface area contributed by atoms with Gasteiger partial charge in [-0.3, -0.25) is 5.10 Å². The van der Waals surface area contributed by atoms with Crippen molar-refractivity contribution in [3.05, 3.63) is 22.8 Å². The van der Waals surface area contributed by atoms with Gasteiger partial charge in [-0.05, 0) is 0 Å². The van der Waals surface area contributed by atoms with Crippen LogP contribution in [-0.4, -0.2) is 25.1 Å². The van der Waals surface area contributed by atoms with Gasteiger partial charge in [0.1, 0.15) is 10.8 Å². The lowest BCUT2D eigenvalue weighted by molar-refractivity contribution is 1.07. The van der Waals surface area contributed by atoms with E-state index >= 15 is 0 Å². The van der Waals surface area contributed by atoms with Crippen molar-refractivity contribution < 1.29 is 0 Å². The number of nitrogens with zero attached hydrogens (tertiary/aromatic N) is 4. The first-order valence-electron chi connectivity index (χ1n) is 4.92. The summed E-state index contributed by atoms with van der Waals surface area (Å²) in [6.07, 6.45) is 3.43. The van der Waals surface area contributed by atoms with Gasteiger partial charge in [-0.15, -0.1) is 11.3 Å². The Morgan fingerprint density at radius 2 is 2.35 bits per heavy atom. The Labute approximate surface area is 100 Å². The summed E-state index contributed by atoms with van der Waals surface area (Å²) in [6, 6.07) is 0. The van der Waals surface area contributed by atoms with Crippen molar-refractivity contribution in [1.82, 2.24) is 25.1 Å². The molecule has 0 saturated carbocycles. The molecule has 0 radical (unpaired) electrons. The average molecular weight is 247 g/mol. The highest BCUT2D eigenvalue weighted by atomic mass is 32.1. The fourth-order valence-corrected chi connectivity index (χ4v) is 2.04. The van der Waals surface area contributed by atoms with Crippen molar-refractivity contribution in [3.63, 3.8) is 0 Å². The Bertz CT molecular complexity index is 630. The molecule has 0 bridgehead atoms. The molecule has 17 heavy (non-hydrogen) atoms. The Morgan fingerprint density at radius 1 is 1.41 bits per heavy atom. The van der Waals surface area contributed by atoms with E-state index in [-0.39, 0.29) is 5.95 Å². The number of nitrogen functional groups attached to an aromatic ring is 1. The SMILES string of the molecule is Nc1nc(NCc2nccs2)c2cn[nH]c2n1. The summed E-state index contributed by atoms with van der Waals surface area (Å²) in [6.45, 7) is 0.606. The Hall–Kier alpha value is -2.22. The molecule has 86 valence electrons. The Kier molecular flexibility index (Phi) is 2.33. The summed E-state index contributed by atoms with van der Waals surface area (Å²) in [7, 11) is 0. The molecule has 0 saturated heterocycles. The van der Waals surface area contributed by atoms with Crippen LogP contribution in [0.5, 0.6) is 0 Å². The van der Waals surface area contributed by atoms with Gasteiger partial charge in [0.2, 0.25) is 5.95 Å². The highest BCUT2D eigenvalue weighted by Gasteiger charge is 2.07. The minimum Gasteiger partial charge on any atom is -0.368 e. The van der Waals surface area contributed by atoms with E-state index in [2.05, 4.69) is 30.5 Å². The van der Waals surface area contributed by atoms with Crippen molar-refractivity contribution in [3.8, 4) is 0 Å². The smallest absolute Gasteiger partial charge is 0.224 e. The maximum atomic E-state index is 5.61. The monoisotopic (exact) mass is 247 g/mol. The number of anilines is 2. The second kappa shape index (κ2) is 3.98. The summed E-state index contributed by atoms with van der Waals surface area (Å²) in [5.74, 6) is 0.875. The molecule has 3 aromatic rings. The van der Waals surface area contributed by atoms with Crippen LogP contribution < -0.4 is 11.1 Å². The Balaban J connectivity index is 1.91. The van der Waals surface area contributed by atoms with Gasteiger partial charge < -0.3 is 11.1 Å². The lowest BCUT2D eigenvalue weighted by atomic mass is 10.4. The normalized spacial score (nSPS) is 10.8. The lowest BCUT2D eigenvalue weighted by Crippen LogP contribution is -2.04. The topological polar surface area (TPSA) is 105 Å². The Morgan fingerprint density at radius 3 is 3.18 bits per heavy atom. The van der Waals surface area contributed by atoms with Gasteiger partial charge in [-0.2, -0.15) is 15.1 Å². The molecule has 0 spiro atoms. The zero-order valence-electron chi connectivity index (χ0n) is 8.71. The number of rotatable bonds is 3. The molecule has 0 aliphatic carbocycles. The largest absolute Gasteiger partial charge is 0.368 e. The number of aromatic amines is 1. The molecule has 0 fully saturated rings. The van der Waals surface area contributed by atoms with Crippen LogP contribution in [0, 0.1) is 0 Å². The number of hydrogen-bond donors (Lipinski definition) is 3. The number of hydrogen-bond acceptors (Lipinski definition) is 7. The second-order valence-electron chi connectivity index (χ2n) is 3.34. The maximum absolute atomic E-state index is 5.61. The minimum atomic E-state index is 0.211. The predicted octanol–water partition coefficient (Wildman–Crippen LogP) is 1.00. The number of thiazole rings is 1. The summed E-state index contributed by atoms with van der Waals surface area (Å²) < 4.78 is 0. The number of nitrogens with two attached hydrogens (primary N) is 1. The molecule has 4 N–H and O–H groups in total. The quantitative estimate of drug-likeness (QED) is 0.637. The fourth-order valence-electron chi connectivity index (χ4n) is 1.49. The number of aromatic nitrogens is 5. The fraction of sp³-hybridized carbons (Fsp3) is 0.111. The third-order valence-corrected chi connectivity index (χ3v) is 3.00. The van der Waals surface area contributed by atoms with E-state index in [0.29, 0.717) is 18.0 Å². The van der Waals surface area contributed by atoms with Crippen LogP contribution in [0.3, 0.4) is 0 Å². The molecule has 3 heterocycles. The van der Waals surface area contributed by atoms with Crippen LogP contribution in [-0.2, 0) is 6.54 Å². The third-order valence-electron chi connectivity index (χ3n) is 2.22. The van der Waals surface area contributed by atoms with Crippen LogP contribution in [0.2, 0.25) is 0 Å². The second-order valence-corrected chi connectivity index (χ2v) is 4.32. The highest BCUT2D eigenvalue weighted by molar-refractivity contribution is 7.09. The van der Waals surface area contributed by atoms with Crippen molar-refractivity contribution in [1.29, 1.82) is 0 Å². The molecule has 0 amide bonds.